The minimum absolute atomic E-state index is 0.0928. The van der Waals surface area contributed by atoms with Gasteiger partial charge in [0.15, 0.2) is 0 Å². The normalized spacial score (nSPS) is 12.3. The molecule has 1 aromatic heterocycles. The van der Waals surface area contributed by atoms with Crippen LogP contribution in [0, 0.1) is 5.92 Å². The third-order valence-electron chi connectivity index (χ3n) is 2.37. The zero-order valence-corrected chi connectivity index (χ0v) is 12.0. The number of aliphatic carboxylic acids is 1. The van der Waals surface area contributed by atoms with E-state index in [2.05, 4.69) is 10.3 Å². The summed E-state index contributed by atoms with van der Waals surface area (Å²) in [5.41, 5.74) is 0.171. The van der Waals surface area contributed by atoms with Gasteiger partial charge in [-0.05, 0) is 18.4 Å². The van der Waals surface area contributed by atoms with Crippen LogP contribution in [0.3, 0.4) is 0 Å². The number of carbonyl (C=O) groups excluding carboxylic acids is 1. The first kappa shape index (κ1) is 15.7. The molecule has 0 saturated carbocycles. The molecular weight excluding hydrogens is 291 g/mol. The summed E-state index contributed by atoms with van der Waals surface area (Å²) in [7, 11) is 0. The largest absolute Gasteiger partial charge is 0.480 e. The predicted molar refractivity (Wildman–Crippen MR) is 72.6 cm³/mol. The molecule has 1 amide bonds. The highest BCUT2D eigenvalue weighted by Crippen LogP contribution is 2.19. The Labute approximate surface area is 120 Å². The van der Waals surface area contributed by atoms with Gasteiger partial charge in [-0.25, -0.2) is 9.78 Å². The number of carbonyl (C=O) groups is 2. The van der Waals surface area contributed by atoms with E-state index in [4.69, 9.17) is 28.3 Å². The van der Waals surface area contributed by atoms with Crippen molar-refractivity contribution in [2.24, 2.45) is 5.92 Å². The summed E-state index contributed by atoms with van der Waals surface area (Å²) in [5.74, 6) is -1.47. The number of halogens is 2. The van der Waals surface area contributed by atoms with Gasteiger partial charge in [0.2, 0.25) is 0 Å². The first-order valence-electron chi connectivity index (χ1n) is 5.66. The van der Waals surface area contributed by atoms with E-state index in [1.54, 1.807) is 0 Å². The van der Waals surface area contributed by atoms with Crippen molar-refractivity contribution < 1.29 is 14.7 Å². The molecule has 2 N–H and O–H groups in total. The second-order valence-electron chi connectivity index (χ2n) is 4.49. The molecule has 0 aliphatic heterocycles. The van der Waals surface area contributed by atoms with E-state index in [9.17, 15) is 9.59 Å². The summed E-state index contributed by atoms with van der Waals surface area (Å²) < 4.78 is 0. The second-order valence-corrected chi connectivity index (χ2v) is 5.26. The molecule has 104 valence electrons. The molecule has 0 fully saturated rings. The van der Waals surface area contributed by atoms with E-state index < -0.39 is 17.9 Å². The van der Waals surface area contributed by atoms with Crippen molar-refractivity contribution in [3.8, 4) is 0 Å². The Kier molecular flexibility index (Phi) is 5.57. The molecule has 0 radical (unpaired) electrons. The van der Waals surface area contributed by atoms with Crippen LogP contribution in [0.1, 0.15) is 30.6 Å². The van der Waals surface area contributed by atoms with Crippen LogP contribution in [0.4, 0.5) is 0 Å². The third kappa shape index (κ3) is 4.69. The monoisotopic (exact) mass is 304 g/mol. The maximum Gasteiger partial charge on any atom is 0.326 e. The number of hydrogen-bond acceptors (Lipinski definition) is 3. The van der Waals surface area contributed by atoms with Gasteiger partial charge in [-0.3, -0.25) is 4.79 Å². The van der Waals surface area contributed by atoms with Crippen LogP contribution in [0.5, 0.6) is 0 Å². The smallest absolute Gasteiger partial charge is 0.326 e. The number of aromatic nitrogens is 1. The topological polar surface area (TPSA) is 79.3 Å². The zero-order chi connectivity index (χ0) is 14.6. The van der Waals surface area contributed by atoms with Crippen molar-refractivity contribution in [1.29, 1.82) is 0 Å². The third-order valence-corrected chi connectivity index (χ3v) is 3.06. The summed E-state index contributed by atoms with van der Waals surface area (Å²) in [6.07, 6.45) is 1.59. The van der Waals surface area contributed by atoms with Gasteiger partial charge in [-0.15, -0.1) is 0 Å². The number of nitrogens with one attached hydrogen (secondary N) is 1. The van der Waals surface area contributed by atoms with Crippen LogP contribution in [-0.2, 0) is 4.79 Å². The molecule has 0 saturated heterocycles. The Balaban J connectivity index is 2.81. The van der Waals surface area contributed by atoms with Crippen molar-refractivity contribution in [2.75, 3.05) is 0 Å². The first-order chi connectivity index (χ1) is 8.81. The van der Waals surface area contributed by atoms with Crippen LogP contribution >= 0.6 is 23.2 Å². The van der Waals surface area contributed by atoms with Gasteiger partial charge in [0.1, 0.15) is 11.2 Å². The lowest BCUT2D eigenvalue weighted by Gasteiger charge is -2.16. The summed E-state index contributed by atoms with van der Waals surface area (Å²) in [4.78, 5) is 26.7. The van der Waals surface area contributed by atoms with Gasteiger partial charge < -0.3 is 10.4 Å². The lowest BCUT2D eigenvalue weighted by Crippen LogP contribution is -2.41. The van der Waals surface area contributed by atoms with Crippen molar-refractivity contribution in [3.05, 3.63) is 28.0 Å². The molecule has 5 nitrogen and oxygen atoms in total. The van der Waals surface area contributed by atoms with E-state index in [0.29, 0.717) is 6.42 Å². The van der Waals surface area contributed by atoms with E-state index in [1.165, 1.54) is 12.3 Å². The summed E-state index contributed by atoms with van der Waals surface area (Å²) in [6, 6.07) is 0.405. The Morgan fingerprint density at radius 2 is 2.05 bits per heavy atom. The fourth-order valence-electron chi connectivity index (χ4n) is 1.48. The van der Waals surface area contributed by atoms with E-state index >= 15 is 0 Å². The molecule has 0 aromatic carbocycles. The fourth-order valence-corrected chi connectivity index (χ4v) is 1.75. The van der Waals surface area contributed by atoms with Crippen LogP contribution in [0.25, 0.3) is 0 Å². The second kappa shape index (κ2) is 6.73. The molecule has 1 aromatic rings. The summed E-state index contributed by atoms with van der Waals surface area (Å²) in [6.45, 7) is 3.76. The first-order valence-corrected chi connectivity index (χ1v) is 6.41. The molecule has 0 aliphatic rings. The lowest BCUT2D eigenvalue weighted by molar-refractivity contribution is -0.139. The van der Waals surface area contributed by atoms with E-state index in [0.717, 1.165) is 0 Å². The SMILES string of the molecule is CC(C)C[C@@H](NC(=O)c1cnc(Cl)c(Cl)c1)C(=O)O. The number of nitrogens with zero attached hydrogens (tertiary/aromatic N) is 1. The maximum atomic E-state index is 11.9. The van der Waals surface area contributed by atoms with E-state index in [-0.39, 0.29) is 21.7 Å². The number of rotatable bonds is 5. The summed E-state index contributed by atoms with van der Waals surface area (Å²) >= 11 is 11.4. The molecule has 19 heavy (non-hydrogen) atoms. The Morgan fingerprint density at radius 1 is 1.42 bits per heavy atom. The minimum atomic E-state index is -1.07. The molecular formula is C12H14Cl2N2O3. The Bertz CT molecular complexity index is 492. The van der Waals surface area contributed by atoms with Crippen LogP contribution in [0.2, 0.25) is 10.2 Å². The molecule has 7 heteroatoms. The van der Waals surface area contributed by atoms with Crippen LogP contribution in [0.15, 0.2) is 12.3 Å². The van der Waals surface area contributed by atoms with Gasteiger partial charge >= 0.3 is 5.97 Å². The van der Waals surface area contributed by atoms with Crippen molar-refractivity contribution in [3.63, 3.8) is 0 Å². The molecule has 0 spiro atoms. The molecule has 0 bridgehead atoms. The molecule has 1 atom stereocenters. The van der Waals surface area contributed by atoms with Crippen LogP contribution in [-0.4, -0.2) is 28.0 Å². The number of carboxylic acid groups (broad SMARTS) is 1. The van der Waals surface area contributed by atoms with Crippen LogP contribution < -0.4 is 5.32 Å². The zero-order valence-electron chi connectivity index (χ0n) is 10.5. The van der Waals surface area contributed by atoms with Crippen molar-refractivity contribution >= 4 is 35.1 Å². The van der Waals surface area contributed by atoms with Gasteiger partial charge in [-0.2, -0.15) is 0 Å². The fraction of sp³-hybridized carbons (Fsp3) is 0.417. The molecule has 0 aliphatic carbocycles. The highest BCUT2D eigenvalue weighted by atomic mass is 35.5. The van der Waals surface area contributed by atoms with Gasteiger partial charge in [-0.1, -0.05) is 37.0 Å². The number of carboxylic acids is 1. The maximum absolute atomic E-state index is 11.9. The highest BCUT2D eigenvalue weighted by Gasteiger charge is 2.22. The standard InChI is InChI=1S/C12H14Cl2N2O3/c1-6(2)3-9(12(18)19)16-11(17)7-4-8(13)10(14)15-5-7/h4-6,9H,3H2,1-2H3,(H,16,17)(H,18,19)/t9-/m1/s1. The Hall–Kier alpha value is -1.33. The molecule has 0 unspecified atom stereocenters. The Morgan fingerprint density at radius 3 is 2.53 bits per heavy atom. The van der Waals surface area contributed by atoms with E-state index in [1.807, 2.05) is 13.8 Å². The highest BCUT2D eigenvalue weighted by molar-refractivity contribution is 6.41. The summed E-state index contributed by atoms with van der Waals surface area (Å²) in [5, 5.41) is 11.7. The number of hydrogen-bond donors (Lipinski definition) is 2. The minimum Gasteiger partial charge on any atom is -0.480 e. The quantitative estimate of drug-likeness (QED) is 0.820. The number of pyridine rings is 1. The molecule has 1 heterocycles. The van der Waals surface area contributed by atoms with Crippen molar-refractivity contribution in [2.45, 2.75) is 26.3 Å². The average molecular weight is 305 g/mol. The van der Waals surface area contributed by atoms with Gasteiger partial charge in [0, 0.05) is 6.20 Å². The lowest BCUT2D eigenvalue weighted by atomic mass is 10.0. The number of amides is 1. The molecule has 1 rings (SSSR count). The predicted octanol–water partition coefficient (Wildman–Crippen LogP) is 2.62. The van der Waals surface area contributed by atoms with Gasteiger partial charge in [0.25, 0.3) is 5.91 Å². The average Bonchev–Trinajstić information content (AvgIpc) is 2.31. The van der Waals surface area contributed by atoms with Crippen molar-refractivity contribution in [1.82, 2.24) is 10.3 Å². The van der Waals surface area contributed by atoms with Gasteiger partial charge in [0.05, 0.1) is 10.6 Å².